The Hall–Kier alpha value is -3.04. The van der Waals surface area contributed by atoms with Gasteiger partial charge in [-0.05, 0) is 49.1 Å². The van der Waals surface area contributed by atoms with Gasteiger partial charge in [0.1, 0.15) is 11.2 Å². The number of rotatable bonds is 7. The van der Waals surface area contributed by atoms with Crippen LogP contribution >= 0.6 is 0 Å². The number of sulfone groups is 2. The molecule has 5 aliphatic carbocycles. The molecule has 0 N–H and O–H groups in total. The van der Waals surface area contributed by atoms with Gasteiger partial charge in [0.25, 0.3) is 0 Å². The van der Waals surface area contributed by atoms with Crippen LogP contribution in [0, 0.1) is 23.7 Å². The summed E-state index contributed by atoms with van der Waals surface area (Å²) in [7, 11) is -7.94. The summed E-state index contributed by atoms with van der Waals surface area (Å²) >= 11 is 0. The number of epoxide rings is 1. The van der Waals surface area contributed by atoms with Crippen LogP contribution in [0.2, 0.25) is 0 Å². The molecule has 9 rings (SSSR count). The molecule has 0 aromatic heterocycles. The zero-order valence-corrected chi connectivity index (χ0v) is 25.1. The Kier molecular flexibility index (Phi) is 5.38. The monoisotopic (exact) mass is 612 g/mol. The van der Waals surface area contributed by atoms with E-state index in [-0.39, 0.29) is 27.7 Å². The van der Waals surface area contributed by atoms with Crippen LogP contribution in [0.15, 0.2) is 124 Å². The molecule has 8 heteroatoms. The summed E-state index contributed by atoms with van der Waals surface area (Å²) in [4.78, 5) is 0.358. The molecule has 6 nitrogen and oxygen atoms in total. The molecule has 1 heterocycles. The summed E-state index contributed by atoms with van der Waals surface area (Å²) in [5, 5.41) is -2.13. The minimum Gasteiger partial charge on any atom is -0.373 e. The van der Waals surface area contributed by atoms with Gasteiger partial charge in [-0.25, -0.2) is 16.8 Å². The van der Waals surface area contributed by atoms with Crippen molar-refractivity contribution in [3.05, 3.63) is 120 Å². The summed E-state index contributed by atoms with van der Waals surface area (Å²) in [5.41, 5.74) is 2.57. The van der Waals surface area contributed by atoms with E-state index in [0.29, 0.717) is 13.0 Å². The maximum absolute atomic E-state index is 14.4. The normalized spacial score (nSPS) is 38.2. The minimum atomic E-state index is -3.97. The predicted octanol–water partition coefficient (Wildman–Crippen LogP) is 5.32. The Morgan fingerprint density at radius 2 is 1.14 bits per heavy atom. The first-order valence-corrected chi connectivity index (χ1v) is 18.2. The van der Waals surface area contributed by atoms with Gasteiger partial charge in [-0.3, -0.25) is 0 Å². The van der Waals surface area contributed by atoms with E-state index >= 15 is 0 Å². The molecule has 4 bridgehead atoms. The lowest BCUT2D eigenvalue weighted by Gasteiger charge is -2.36. The summed E-state index contributed by atoms with van der Waals surface area (Å²) < 4.78 is 70.6. The largest absolute Gasteiger partial charge is 0.373 e. The topological polar surface area (TPSA) is 90.0 Å². The molecule has 6 aliphatic rings. The molecule has 43 heavy (non-hydrogen) atoms. The molecule has 1 saturated heterocycles. The Balaban J connectivity index is 1.09. The van der Waals surface area contributed by atoms with Crippen LogP contribution < -0.4 is 0 Å². The zero-order chi connectivity index (χ0) is 29.2. The van der Waals surface area contributed by atoms with Crippen molar-refractivity contribution in [2.75, 3.05) is 0 Å². The van der Waals surface area contributed by atoms with Gasteiger partial charge >= 0.3 is 0 Å². The molecule has 3 aromatic carbocycles. The first kappa shape index (κ1) is 26.4. The number of hydrogen-bond donors (Lipinski definition) is 0. The standard InChI is InChI=1S/C35H32O6S2/c36-42(37,25-12-6-2-7-13-25)32-29-20-30(33(32)43(38,39)26-14-8-3-9-15-26)35-28-17-16-27(34(29,35)41-35)31(28)23-18-24(19-23)40-21-22-10-4-1-5-11-22/h1-17,24,27-30,32-33H,18-21H2/t24?,27-,28-,29-,30+,32-,33+,34-,35-/m0/s1. The van der Waals surface area contributed by atoms with Gasteiger partial charge in [0.15, 0.2) is 19.7 Å². The van der Waals surface area contributed by atoms with Crippen LogP contribution in [0.5, 0.6) is 0 Å². The fraction of sp³-hybridized carbons (Fsp3) is 0.371. The van der Waals surface area contributed by atoms with Gasteiger partial charge < -0.3 is 9.47 Å². The molecule has 220 valence electrons. The Morgan fingerprint density at radius 3 is 1.63 bits per heavy atom. The second kappa shape index (κ2) is 8.78. The fourth-order valence-electron chi connectivity index (χ4n) is 9.66. The average Bonchev–Trinajstić information content (AvgIpc) is 3.27. The van der Waals surface area contributed by atoms with Crippen molar-refractivity contribution < 1.29 is 26.3 Å². The summed E-state index contributed by atoms with van der Waals surface area (Å²) in [5.74, 6) is -0.809. The van der Waals surface area contributed by atoms with Gasteiger partial charge in [-0.1, -0.05) is 90.0 Å². The maximum Gasteiger partial charge on any atom is 0.182 e. The van der Waals surface area contributed by atoms with Crippen LogP contribution in [0.25, 0.3) is 0 Å². The lowest BCUT2D eigenvalue weighted by atomic mass is 9.73. The summed E-state index contributed by atoms with van der Waals surface area (Å²) in [6.07, 6.45) is 6.84. The SMILES string of the molecule is O=S(=O)(c1ccccc1)[C@@H]1[C@H](S(=O)(=O)c2ccccc2)[C@H]2C[C@@H]1[C@]13O[C@@]21[C@H]1C=C[C@H]3C1=C1CC(OCc2ccccc2)C1. The van der Waals surface area contributed by atoms with Crippen molar-refractivity contribution in [2.45, 2.75) is 63.5 Å². The van der Waals surface area contributed by atoms with Gasteiger partial charge in [0, 0.05) is 23.7 Å². The van der Waals surface area contributed by atoms with Crippen molar-refractivity contribution >= 4 is 19.7 Å². The molecule has 0 radical (unpaired) electrons. The quantitative estimate of drug-likeness (QED) is 0.265. The van der Waals surface area contributed by atoms with Gasteiger partial charge in [0.2, 0.25) is 0 Å². The molecule has 0 amide bonds. The first-order chi connectivity index (χ1) is 20.8. The molecular weight excluding hydrogens is 581 g/mol. The van der Waals surface area contributed by atoms with E-state index in [1.54, 1.807) is 60.7 Å². The van der Waals surface area contributed by atoms with E-state index in [2.05, 4.69) is 24.3 Å². The minimum absolute atomic E-state index is 0.00794. The highest BCUT2D eigenvalue weighted by Gasteiger charge is 2.96. The van der Waals surface area contributed by atoms with Crippen molar-refractivity contribution in [3.8, 4) is 0 Å². The van der Waals surface area contributed by atoms with Crippen LogP contribution in [0.3, 0.4) is 0 Å². The molecule has 1 aliphatic heterocycles. The molecule has 0 unspecified atom stereocenters. The maximum atomic E-state index is 14.4. The van der Waals surface area contributed by atoms with E-state index in [1.807, 2.05) is 18.2 Å². The third kappa shape index (κ3) is 3.25. The highest BCUT2D eigenvalue weighted by molar-refractivity contribution is 7.96. The third-order valence-electron chi connectivity index (χ3n) is 11.3. The Bertz CT molecular complexity index is 1790. The molecular formula is C35H32O6S2. The zero-order valence-electron chi connectivity index (χ0n) is 23.5. The highest BCUT2D eigenvalue weighted by atomic mass is 32.2. The van der Waals surface area contributed by atoms with Gasteiger partial charge in [-0.15, -0.1) is 0 Å². The average molecular weight is 613 g/mol. The van der Waals surface area contributed by atoms with E-state index in [9.17, 15) is 16.8 Å². The molecule has 4 saturated carbocycles. The number of benzene rings is 3. The Morgan fingerprint density at radius 1 is 0.674 bits per heavy atom. The fourth-order valence-corrected chi connectivity index (χ4v) is 14.8. The van der Waals surface area contributed by atoms with E-state index < -0.39 is 53.2 Å². The first-order valence-electron chi connectivity index (χ1n) is 15.1. The smallest absolute Gasteiger partial charge is 0.182 e. The predicted molar refractivity (Wildman–Crippen MR) is 160 cm³/mol. The van der Waals surface area contributed by atoms with Crippen molar-refractivity contribution in [2.24, 2.45) is 23.7 Å². The van der Waals surface area contributed by atoms with Crippen LogP contribution in [0.4, 0.5) is 0 Å². The van der Waals surface area contributed by atoms with Crippen molar-refractivity contribution in [1.82, 2.24) is 0 Å². The number of hydrogen-bond acceptors (Lipinski definition) is 6. The van der Waals surface area contributed by atoms with Crippen LogP contribution in [-0.4, -0.2) is 44.6 Å². The van der Waals surface area contributed by atoms with Crippen LogP contribution in [0.1, 0.15) is 24.8 Å². The van der Waals surface area contributed by atoms with Crippen molar-refractivity contribution in [1.29, 1.82) is 0 Å². The number of ether oxygens (including phenoxy) is 2. The third-order valence-corrected chi connectivity index (χ3v) is 16.0. The second-order valence-electron chi connectivity index (χ2n) is 13.0. The van der Waals surface area contributed by atoms with Gasteiger partial charge in [-0.2, -0.15) is 0 Å². The van der Waals surface area contributed by atoms with Crippen molar-refractivity contribution in [3.63, 3.8) is 0 Å². The van der Waals surface area contributed by atoms with Gasteiger partial charge in [0.05, 0.1) is 33.0 Å². The molecule has 3 aromatic rings. The summed E-state index contributed by atoms with van der Waals surface area (Å²) in [6, 6.07) is 26.9. The van der Waals surface area contributed by atoms with E-state index in [4.69, 9.17) is 9.47 Å². The summed E-state index contributed by atoms with van der Waals surface area (Å²) in [6.45, 7) is 0.582. The number of fused-ring (bicyclic) bond motifs is 4. The van der Waals surface area contributed by atoms with Crippen LogP contribution in [-0.2, 0) is 35.8 Å². The second-order valence-corrected chi connectivity index (χ2v) is 17.2. The lowest BCUT2D eigenvalue weighted by molar-refractivity contribution is 0.0143. The lowest BCUT2D eigenvalue weighted by Crippen LogP contribution is -2.54. The molecule has 8 atom stereocenters. The molecule has 0 spiro atoms. The van der Waals surface area contributed by atoms with E-state index in [1.165, 1.54) is 11.1 Å². The Labute approximate surface area is 252 Å². The molecule has 5 fully saturated rings. The highest BCUT2D eigenvalue weighted by Crippen LogP contribution is 2.85. The van der Waals surface area contributed by atoms with E-state index in [0.717, 1.165) is 18.4 Å².